The molecule has 1 aromatic heterocycles. The van der Waals surface area contributed by atoms with Gasteiger partial charge in [0, 0.05) is 25.6 Å². The molecule has 5 nitrogen and oxygen atoms in total. The zero-order chi connectivity index (χ0) is 14.0. The first-order valence-corrected chi connectivity index (χ1v) is 6.95. The van der Waals surface area contributed by atoms with E-state index in [0.717, 1.165) is 18.1 Å². The largest absolute Gasteiger partial charge is 0.294 e. The van der Waals surface area contributed by atoms with Crippen LogP contribution >= 0.6 is 23.4 Å². The summed E-state index contributed by atoms with van der Waals surface area (Å²) in [5, 5.41) is -0.304. The van der Waals surface area contributed by atoms with E-state index in [1.807, 2.05) is 0 Å². The van der Waals surface area contributed by atoms with Crippen molar-refractivity contribution in [3.05, 3.63) is 17.3 Å². The molecule has 1 fully saturated rings. The first kappa shape index (κ1) is 14.2. The van der Waals surface area contributed by atoms with Gasteiger partial charge in [-0.05, 0) is 5.92 Å². The third-order valence-electron chi connectivity index (χ3n) is 2.71. The van der Waals surface area contributed by atoms with Gasteiger partial charge in [0.25, 0.3) is 0 Å². The Kier molecular flexibility index (Phi) is 4.36. The van der Waals surface area contributed by atoms with Gasteiger partial charge in [0.05, 0.1) is 0 Å². The van der Waals surface area contributed by atoms with Crippen LogP contribution in [0.4, 0.5) is 10.2 Å². The predicted octanol–water partition coefficient (Wildman–Crippen LogP) is 1.90. The summed E-state index contributed by atoms with van der Waals surface area (Å²) in [6, 6.07) is 0. The van der Waals surface area contributed by atoms with Crippen LogP contribution in [-0.4, -0.2) is 33.3 Å². The minimum Gasteiger partial charge on any atom is -0.294 e. The molecular weight excluding hydrogens is 293 g/mol. The SMILES string of the molecule is CC(=O)SCC1CC(=O)N(c2ncnc(Cl)c2F)C1. The molecule has 19 heavy (non-hydrogen) atoms. The molecule has 1 atom stereocenters. The fourth-order valence-corrected chi connectivity index (χ4v) is 2.68. The van der Waals surface area contributed by atoms with Crippen molar-refractivity contribution in [1.82, 2.24) is 9.97 Å². The highest BCUT2D eigenvalue weighted by Crippen LogP contribution is 2.29. The quantitative estimate of drug-likeness (QED) is 0.798. The molecule has 0 spiro atoms. The van der Waals surface area contributed by atoms with Gasteiger partial charge < -0.3 is 0 Å². The molecule has 2 heterocycles. The van der Waals surface area contributed by atoms with Gasteiger partial charge in [-0.25, -0.2) is 9.97 Å². The summed E-state index contributed by atoms with van der Waals surface area (Å²) >= 11 is 6.73. The Hall–Kier alpha value is -1.21. The van der Waals surface area contributed by atoms with Gasteiger partial charge in [-0.15, -0.1) is 0 Å². The number of nitrogens with zero attached hydrogens (tertiary/aromatic N) is 3. The van der Waals surface area contributed by atoms with Gasteiger partial charge in [0.1, 0.15) is 6.33 Å². The van der Waals surface area contributed by atoms with Crippen LogP contribution in [0.25, 0.3) is 0 Å². The molecule has 0 aromatic carbocycles. The molecule has 0 aliphatic carbocycles. The molecule has 1 aliphatic heterocycles. The molecule has 1 amide bonds. The number of carbonyl (C=O) groups excluding carboxylic acids is 2. The van der Waals surface area contributed by atoms with Gasteiger partial charge in [-0.2, -0.15) is 4.39 Å². The van der Waals surface area contributed by atoms with Gasteiger partial charge in [0.15, 0.2) is 16.1 Å². The molecule has 1 unspecified atom stereocenters. The number of hydrogen-bond donors (Lipinski definition) is 0. The zero-order valence-corrected chi connectivity index (χ0v) is 11.7. The Morgan fingerprint density at radius 1 is 1.63 bits per heavy atom. The highest BCUT2D eigenvalue weighted by Gasteiger charge is 2.33. The minimum absolute atomic E-state index is 0.00200. The smallest absolute Gasteiger partial charge is 0.228 e. The van der Waals surface area contributed by atoms with Crippen LogP contribution in [0.3, 0.4) is 0 Å². The number of hydrogen-bond acceptors (Lipinski definition) is 5. The van der Waals surface area contributed by atoms with E-state index in [2.05, 4.69) is 9.97 Å². The highest BCUT2D eigenvalue weighted by atomic mass is 35.5. The van der Waals surface area contributed by atoms with Crippen LogP contribution in [0, 0.1) is 11.7 Å². The fourth-order valence-electron chi connectivity index (χ4n) is 1.86. The molecule has 0 bridgehead atoms. The zero-order valence-electron chi connectivity index (χ0n) is 10.1. The molecule has 1 aromatic rings. The van der Waals surface area contributed by atoms with E-state index in [4.69, 9.17) is 11.6 Å². The monoisotopic (exact) mass is 303 g/mol. The van der Waals surface area contributed by atoms with Crippen molar-refractivity contribution >= 4 is 40.2 Å². The van der Waals surface area contributed by atoms with Crippen LogP contribution in [0.5, 0.6) is 0 Å². The molecule has 1 aliphatic rings. The van der Waals surface area contributed by atoms with Crippen LogP contribution in [0.1, 0.15) is 13.3 Å². The van der Waals surface area contributed by atoms with Gasteiger partial charge >= 0.3 is 0 Å². The summed E-state index contributed by atoms with van der Waals surface area (Å²) in [4.78, 5) is 31.3. The molecule has 0 N–H and O–H groups in total. The van der Waals surface area contributed by atoms with Crippen molar-refractivity contribution < 1.29 is 14.0 Å². The standard InChI is InChI=1S/C11H11ClFN3O2S/c1-6(17)19-4-7-2-8(18)16(3-7)11-9(13)10(12)14-5-15-11/h5,7H,2-4H2,1H3. The number of carbonyl (C=O) groups is 2. The minimum atomic E-state index is -0.794. The number of amides is 1. The maximum atomic E-state index is 13.8. The second-order valence-electron chi connectivity index (χ2n) is 4.18. The van der Waals surface area contributed by atoms with Gasteiger partial charge in [0.2, 0.25) is 11.7 Å². The van der Waals surface area contributed by atoms with Crippen molar-refractivity contribution in [3.63, 3.8) is 0 Å². The van der Waals surface area contributed by atoms with E-state index < -0.39 is 5.82 Å². The molecule has 8 heteroatoms. The molecule has 0 saturated carbocycles. The number of aromatic nitrogens is 2. The maximum Gasteiger partial charge on any atom is 0.228 e. The van der Waals surface area contributed by atoms with Crippen molar-refractivity contribution in [2.75, 3.05) is 17.2 Å². The lowest BCUT2D eigenvalue weighted by atomic mass is 10.1. The average molecular weight is 304 g/mol. The predicted molar refractivity (Wildman–Crippen MR) is 70.6 cm³/mol. The first-order valence-electron chi connectivity index (χ1n) is 5.58. The summed E-state index contributed by atoms with van der Waals surface area (Å²) in [5.74, 6) is -0.562. The number of thioether (sulfide) groups is 1. The lowest BCUT2D eigenvalue weighted by Gasteiger charge is -2.15. The third-order valence-corrected chi connectivity index (χ3v) is 4.02. The summed E-state index contributed by atoms with van der Waals surface area (Å²) in [6.45, 7) is 1.81. The highest BCUT2D eigenvalue weighted by molar-refractivity contribution is 8.13. The number of halogens is 2. The molecule has 102 valence electrons. The summed E-state index contributed by atoms with van der Waals surface area (Å²) < 4.78 is 13.8. The molecular formula is C11H11ClFN3O2S. The van der Waals surface area contributed by atoms with Crippen LogP contribution in [0.2, 0.25) is 5.15 Å². The van der Waals surface area contributed by atoms with E-state index >= 15 is 0 Å². The van der Waals surface area contributed by atoms with E-state index in [1.54, 1.807) is 0 Å². The van der Waals surface area contributed by atoms with Crippen LogP contribution in [0.15, 0.2) is 6.33 Å². The lowest BCUT2D eigenvalue weighted by Crippen LogP contribution is -2.27. The van der Waals surface area contributed by atoms with Crippen molar-refractivity contribution in [1.29, 1.82) is 0 Å². The third kappa shape index (κ3) is 3.22. The first-order chi connectivity index (χ1) is 8.99. The number of anilines is 1. The second-order valence-corrected chi connectivity index (χ2v) is 5.73. The Morgan fingerprint density at radius 3 is 3.05 bits per heavy atom. The molecule has 1 saturated heterocycles. The molecule has 0 radical (unpaired) electrons. The van der Waals surface area contributed by atoms with E-state index in [-0.39, 0.29) is 34.3 Å². The van der Waals surface area contributed by atoms with E-state index in [1.165, 1.54) is 11.8 Å². The van der Waals surface area contributed by atoms with Crippen molar-refractivity contribution in [3.8, 4) is 0 Å². The number of rotatable bonds is 3. The molecule has 2 rings (SSSR count). The fraction of sp³-hybridized carbons (Fsp3) is 0.455. The topological polar surface area (TPSA) is 63.2 Å². The van der Waals surface area contributed by atoms with E-state index in [0.29, 0.717) is 12.3 Å². The van der Waals surface area contributed by atoms with Crippen LogP contribution < -0.4 is 4.90 Å². The Bertz CT molecular complexity index is 529. The summed E-state index contributed by atoms with van der Waals surface area (Å²) in [5.41, 5.74) is 0. The second kappa shape index (κ2) is 5.83. The Labute approximate surface area is 118 Å². The Morgan fingerprint density at radius 2 is 2.37 bits per heavy atom. The summed E-state index contributed by atoms with van der Waals surface area (Å²) in [7, 11) is 0. The van der Waals surface area contributed by atoms with Crippen molar-refractivity contribution in [2.45, 2.75) is 13.3 Å². The lowest BCUT2D eigenvalue weighted by molar-refractivity contribution is -0.117. The maximum absolute atomic E-state index is 13.8. The van der Waals surface area contributed by atoms with Crippen LogP contribution in [-0.2, 0) is 9.59 Å². The average Bonchev–Trinajstić information content (AvgIpc) is 2.71. The normalized spacial score (nSPS) is 19.0. The van der Waals surface area contributed by atoms with E-state index in [9.17, 15) is 14.0 Å². The summed E-state index contributed by atoms with van der Waals surface area (Å²) in [6.07, 6.45) is 1.40. The van der Waals surface area contributed by atoms with Crippen molar-refractivity contribution in [2.24, 2.45) is 5.92 Å². The Balaban J connectivity index is 2.11. The van der Waals surface area contributed by atoms with Gasteiger partial charge in [-0.3, -0.25) is 14.5 Å². The van der Waals surface area contributed by atoms with Gasteiger partial charge in [-0.1, -0.05) is 23.4 Å².